The van der Waals surface area contributed by atoms with Crippen LogP contribution in [0.5, 0.6) is 0 Å². The van der Waals surface area contributed by atoms with Gasteiger partial charge in [-0.2, -0.15) is 0 Å². The third kappa shape index (κ3) is 1.75. The molecular formula is C15H16O2S. The van der Waals surface area contributed by atoms with Crippen LogP contribution in [0.3, 0.4) is 0 Å². The van der Waals surface area contributed by atoms with E-state index in [2.05, 4.69) is 0 Å². The topological polar surface area (TPSA) is 34.1 Å². The molecule has 0 fully saturated rings. The molecule has 0 saturated carbocycles. The number of hydrogen-bond donors (Lipinski definition) is 0. The Labute approximate surface area is 108 Å². The Morgan fingerprint density at radius 1 is 0.833 bits per heavy atom. The number of benzene rings is 2. The molecule has 0 bridgehead atoms. The van der Waals surface area contributed by atoms with Crippen molar-refractivity contribution in [3.05, 3.63) is 48.0 Å². The fourth-order valence-corrected chi connectivity index (χ4v) is 3.89. The fraction of sp³-hybridized carbons (Fsp3) is 0.200. The van der Waals surface area contributed by atoms with E-state index in [1.807, 2.05) is 45.0 Å². The van der Waals surface area contributed by atoms with Crippen molar-refractivity contribution in [1.29, 1.82) is 0 Å². The number of hydrogen-bond acceptors (Lipinski definition) is 2. The molecule has 2 nitrogen and oxygen atoms in total. The molecule has 18 heavy (non-hydrogen) atoms. The van der Waals surface area contributed by atoms with Crippen molar-refractivity contribution in [2.24, 2.45) is 0 Å². The average molecular weight is 260 g/mol. The van der Waals surface area contributed by atoms with E-state index in [1.54, 1.807) is 18.2 Å². The number of sulfone groups is 1. The summed E-state index contributed by atoms with van der Waals surface area (Å²) in [5.41, 5.74) is 2.61. The number of rotatable bonds is 0. The van der Waals surface area contributed by atoms with Crippen LogP contribution in [-0.2, 0) is 9.84 Å². The van der Waals surface area contributed by atoms with Crippen LogP contribution in [0.4, 0.5) is 0 Å². The van der Waals surface area contributed by atoms with Gasteiger partial charge in [0.2, 0.25) is 9.84 Å². The Balaban J connectivity index is 0.000000574. The molecule has 0 unspecified atom stereocenters. The predicted molar refractivity (Wildman–Crippen MR) is 73.4 cm³/mol. The van der Waals surface area contributed by atoms with Crippen LogP contribution in [0.2, 0.25) is 0 Å². The molecule has 0 spiro atoms. The Hall–Kier alpha value is -1.61. The van der Waals surface area contributed by atoms with E-state index in [0.29, 0.717) is 9.79 Å². The van der Waals surface area contributed by atoms with Gasteiger partial charge in [0, 0.05) is 11.1 Å². The second-order valence-electron chi connectivity index (χ2n) is 4.00. The molecule has 94 valence electrons. The maximum absolute atomic E-state index is 12.2. The van der Waals surface area contributed by atoms with Crippen LogP contribution in [-0.4, -0.2) is 8.42 Å². The van der Waals surface area contributed by atoms with Gasteiger partial charge in [-0.1, -0.05) is 44.2 Å². The molecule has 3 rings (SSSR count). The van der Waals surface area contributed by atoms with E-state index in [1.165, 1.54) is 0 Å². The van der Waals surface area contributed by atoms with Crippen molar-refractivity contribution in [3.8, 4) is 11.1 Å². The highest BCUT2D eigenvalue weighted by molar-refractivity contribution is 7.92. The summed E-state index contributed by atoms with van der Waals surface area (Å²) in [5, 5.41) is 0. The monoisotopic (exact) mass is 260 g/mol. The summed E-state index contributed by atoms with van der Waals surface area (Å²) >= 11 is 0. The van der Waals surface area contributed by atoms with Crippen molar-refractivity contribution in [2.45, 2.75) is 30.6 Å². The zero-order valence-corrected chi connectivity index (χ0v) is 11.6. The van der Waals surface area contributed by atoms with Gasteiger partial charge < -0.3 is 0 Å². The summed E-state index contributed by atoms with van der Waals surface area (Å²) in [4.78, 5) is 0.865. The molecule has 0 saturated heterocycles. The summed E-state index contributed by atoms with van der Waals surface area (Å²) in [6, 6.07) is 12.7. The molecule has 1 heterocycles. The largest absolute Gasteiger partial charge is 0.218 e. The maximum Gasteiger partial charge on any atom is 0.207 e. The quantitative estimate of drug-likeness (QED) is 0.615. The average Bonchev–Trinajstić information content (AvgIpc) is 2.62. The van der Waals surface area contributed by atoms with Gasteiger partial charge in [0.25, 0.3) is 0 Å². The fourth-order valence-electron chi connectivity index (χ4n) is 2.12. The zero-order valence-electron chi connectivity index (χ0n) is 10.8. The normalized spacial score (nSPS) is 14.2. The molecular weight excluding hydrogens is 244 g/mol. The van der Waals surface area contributed by atoms with Crippen LogP contribution in [0.25, 0.3) is 11.1 Å². The molecule has 0 aromatic heterocycles. The van der Waals surface area contributed by atoms with E-state index >= 15 is 0 Å². The SMILES string of the molecule is CC.Cc1ccc2c(c1)S(=O)(=O)c1ccccc1-2. The lowest BCUT2D eigenvalue weighted by Crippen LogP contribution is -1.96. The zero-order chi connectivity index (χ0) is 13.3. The van der Waals surface area contributed by atoms with Crippen molar-refractivity contribution >= 4 is 9.84 Å². The Kier molecular flexibility index (Phi) is 3.26. The van der Waals surface area contributed by atoms with Crippen molar-refractivity contribution < 1.29 is 8.42 Å². The van der Waals surface area contributed by atoms with Gasteiger partial charge in [-0.05, 0) is 24.6 Å². The van der Waals surface area contributed by atoms with E-state index < -0.39 is 9.84 Å². The summed E-state index contributed by atoms with van der Waals surface area (Å²) in [5.74, 6) is 0. The molecule has 3 heteroatoms. The van der Waals surface area contributed by atoms with Gasteiger partial charge in [0.1, 0.15) is 0 Å². The van der Waals surface area contributed by atoms with Gasteiger partial charge in [0.15, 0.2) is 0 Å². The summed E-state index contributed by atoms with van der Waals surface area (Å²) in [6.07, 6.45) is 0. The Morgan fingerprint density at radius 2 is 1.44 bits per heavy atom. The summed E-state index contributed by atoms with van der Waals surface area (Å²) in [6.45, 7) is 5.90. The molecule has 0 N–H and O–H groups in total. The van der Waals surface area contributed by atoms with Crippen LogP contribution < -0.4 is 0 Å². The smallest absolute Gasteiger partial charge is 0.207 e. The highest BCUT2D eigenvalue weighted by Crippen LogP contribution is 2.42. The highest BCUT2D eigenvalue weighted by atomic mass is 32.2. The van der Waals surface area contributed by atoms with Crippen LogP contribution in [0.1, 0.15) is 19.4 Å². The predicted octanol–water partition coefficient (Wildman–Crippen LogP) is 3.83. The van der Waals surface area contributed by atoms with Crippen LogP contribution in [0, 0.1) is 6.92 Å². The van der Waals surface area contributed by atoms with E-state index in [0.717, 1.165) is 16.7 Å². The van der Waals surface area contributed by atoms with Gasteiger partial charge >= 0.3 is 0 Å². The Morgan fingerprint density at radius 3 is 2.17 bits per heavy atom. The second kappa shape index (κ2) is 4.58. The van der Waals surface area contributed by atoms with Gasteiger partial charge in [-0.15, -0.1) is 0 Å². The van der Waals surface area contributed by atoms with Crippen molar-refractivity contribution in [3.63, 3.8) is 0 Å². The molecule has 0 aliphatic carbocycles. The lowest BCUT2D eigenvalue weighted by molar-refractivity contribution is 0.598. The van der Waals surface area contributed by atoms with E-state index in [4.69, 9.17) is 0 Å². The molecule has 2 aromatic carbocycles. The standard InChI is InChI=1S/C13H10O2S.C2H6/c1-9-6-7-11-10-4-2-3-5-12(10)16(14,15)13(11)8-9;1-2/h2-8H,1H3;1-2H3. The third-order valence-electron chi connectivity index (χ3n) is 2.89. The van der Waals surface area contributed by atoms with Crippen LogP contribution in [0.15, 0.2) is 52.3 Å². The van der Waals surface area contributed by atoms with Gasteiger partial charge in [0.05, 0.1) is 9.79 Å². The molecule has 0 atom stereocenters. The van der Waals surface area contributed by atoms with Gasteiger partial charge in [-0.3, -0.25) is 0 Å². The number of fused-ring (bicyclic) bond motifs is 3. The first-order chi connectivity index (χ1) is 8.60. The molecule has 1 aliphatic rings. The highest BCUT2D eigenvalue weighted by Gasteiger charge is 2.32. The van der Waals surface area contributed by atoms with E-state index in [-0.39, 0.29) is 0 Å². The first kappa shape index (κ1) is 12.8. The second-order valence-corrected chi connectivity index (χ2v) is 5.89. The third-order valence-corrected chi connectivity index (χ3v) is 4.75. The minimum Gasteiger partial charge on any atom is -0.218 e. The minimum absolute atomic E-state index is 0.426. The van der Waals surface area contributed by atoms with E-state index in [9.17, 15) is 8.42 Å². The Bertz CT molecular complexity index is 685. The first-order valence-corrected chi connectivity index (χ1v) is 7.54. The summed E-state index contributed by atoms with van der Waals surface area (Å²) < 4.78 is 24.5. The lowest BCUT2D eigenvalue weighted by Gasteiger charge is -1.99. The lowest BCUT2D eigenvalue weighted by atomic mass is 10.0. The van der Waals surface area contributed by atoms with Crippen LogP contribution >= 0.6 is 0 Å². The summed E-state index contributed by atoms with van der Waals surface area (Å²) in [7, 11) is -3.29. The minimum atomic E-state index is -3.29. The maximum atomic E-state index is 12.2. The number of aryl methyl sites for hydroxylation is 1. The molecule has 0 radical (unpaired) electrons. The first-order valence-electron chi connectivity index (χ1n) is 6.06. The van der Waals surface area contributed by atoms with Crippen molar-refractivity contribution in [1.82, 2.24) is 0 Å². The van der Waals surface area contributed by atoms with Crippen molar-refractivity contribution in [2.75, 3.05) is 0 Å². The van der Waals surface area contributed by atoms with Gasteiger partial charge in [-0.25, -0.2) is 8.42 Å². The molecule has 1 aliphatic heterocycles. The molecule has 0 amide bonds. The molecule has 2 aromatic rings.